The fourth-order valence-corrected chi connectivity index (χ4v) is 3.35. The van der Waals surface area contributed by atoms with Crippen LogP contribution in [0, 0.1) is 5.82 Å². The minimum atomic E-state index is -0.286. The molecule has 0 radical (unpaired) electrons. The predicted octanol–water partition coefficient (Wildman–Crippen LogP) is 3.35. The van der Waals surface area contributed by atoms with Crippen LogP contribution in [-0.4, -0.2) is 19.7 Å². The van der Waals surface area contributed by atoms with Gasteiger partial charge < -0.3 is 0 Å². The molecule has 1 aromatic carbocycles. The van der Waals surface area contributed by atoms with Crippen molar-refractivity contribution in [2.24, 2.45) is 0 Å². The van der Waals surface area contributed by atoms with E-state index in [0.717, 1.165) is 29.3 Å². The van der Waals surface area contributed by atoms with Gasteiger partial charge in [0.1, 0.15) is 5.82 Å². The van der Waals surface area contributed by atoms with Crippen LogP contribution in [0.2, 0.25) is 0 Å². The minimum absolute atomic E-state index is 0.205. The molecular formula is C16H17FN4OS. The minimum Gasteiger partial charge on any atom is -0.270 e. The van der Waals surface area contributed by atoms with Crippen molar-refractivity contribution >= 4 is 22.7 Å². The molecule has 0 saturated heterocycles. The van der Waals surface area contributed by atoms with Crippen molar-refractivity contribution in [3.05, 3.63) is 52.3 Å². The van der Waals surface area contributed by atoms with E-state index < -0.39 is 0 Å². The van der Waals surface area contributed by atoms with Crippen molar-refractivity contribution in [2.75, 3.05) is 0 Å². The molecule has 0 aliphatic rings. The van der Waals surface area contributed by atoms with Crippen LogP contribution in [0.5, 0.6) is 0 Å². The number of nitrogens with zero attached hydrogens (tertiary/aromatic N) is 3. The van der Waals surface area contributed by atoms with Gasteiger partial charge in [-0.05, 0) is 30.2 Å². The molecule has 0 bridgehead atoms. The zero-order valence-electron chi connectivity index (χ0n) is 12.8. The lowest BCUT2D eigenvalue weighted by atomic mass is 10.1. The van der Waals surface area contributed by atoms with E-state index >= 15 is 0 Å². The molecule has 0 aliphatic heterocycles. The summed E-state index contributed by atoms with van der Waals surface area (Å²) in [6.45, 7) is 2.71. The first-order valence-electron chi connectivity index (χ1n) is 7.50. The summed E-state index contributed by atoms with van der Waals surface area (Å²) in [5, 5.41) is 7.93. The molecule has 0 fully saturated rings. The highest BCUT2D eigenvalue weighted by Gasteiger charge is 2.11. The van der Waals surface area contributed by atoms with Crippen molar-refractivity contribution in [1.82, 2.24) is 19.7 Å². The third-order valence-corrected chi connectivity index (χ3v) is 4.59. The van der Waals surface area contributed by atoms with Gasteiger partial charge in [-0.15, -0.1) is 5.10 Å². The molecule has 120 valence electrons. The molecule has 0 saturated carbocycles. The maximum Gasteiger partial charge on any atom is 0.343 e. The third kappa shape index (κ3) is 3.44. The predicted molar refractivity (Wildman–Crippen MR) is 89.0 cm³/mol. The third-order valence-electron chi connectivity index (χ3n) is 3.56. The van der Waals surface area contributed by atoms with Gasteiger partial charge in [0, 0.05) is 23.9 Å². The van der Waals surface area contributed by atoms with Gasteiger partial charge in [-0.3, -0.25) is 9.55 Å². The molecule has 7 heteroatoms. The van der Waals surface area contributed by atoms with Gasteiger partial charge in [0.2, 0.25) is 0 Å². The van der Waals surface area contributed by atoms with Crippen LogP contribution in [0.1, 0.15) is 25.3 Å². The van der Waals surface area contributed by atoms with Gasteiger partial charge in [-0.1, -0.05) is 31.2 Å². The van der Waals surface area contributed by atoms with Gasteiger partial charge in [0.15, 0.2) is 5.16 Å². The van der Waals surface area contributed by atoms with Crippen LogP contribution in [0.15, 0.2) is 40.4 Å². The summed E-state index contributed by atoms with van der Waals surface area (Å²) in [5.74, 6) is 0.216. The van der Waals surface area contributed by atoms with E-state index in [2.05, 4.69) is 22.1 Å². The molecule has 3 aromatic rings. The molecule has 0 aliphatic carbocycles. The molecule has 1 N–H and O–H groups in total. The second-order valence-electron chi connectivity index (χ2n) is 5.25. The molecule has 3 rings (SSSR count). The van der Waals surface area contributed by atoms with E-state index in [9.17, 15) is 9.18 Å². The van der Waals surface area contributed by atoms with E-state index in [1.54, 1.807) is 16.8 Å². The topological polar surface area (TPSA) is 63.6 Å². The summed E-state index contributed by atoms with van der Waals surface area (Å²) >= 11 is 1.41. The number of unbranched alkanes of at least 4 members (excludes halogenated alkanes) is 1. The summed E-state index contributed by atoms with van der Waals surface area (Å²) in [7, 11) is 0. The van der Waals surface area contributed by atoms with Crippen LogP contribution >= 0.6 is 11.8 Å². The highest BCUT2D eigenvalue weighted by atomic mass is 32.2. The number of benzene rings is 1. The number of rotatable bonds is 6. The number of thioether (sulfide) groups is 1. The lowest BCUT2D eigenvalue weighted by Gasteiger charge is -2.07. The van der Waals surface area contributed by atoms with Crippen molar-refractivity contribution in [2.45, 2.75) is 37.2 Å². The van der Waals surface area contributed by atoms with Crippen LogP contribution in [0.25, 0.3) is 10.9 Å². The smallest absolute Gasteiger partial charge is 0.270 e. The van der Waals surface area contributed by atoms with Crippen LogP contribution < -0.4 is 5.69 Å². The average Bonchev–Trinajstić information content (AvgIpc) is 2.90. The number of aromatic nitrogens is 4. The lowest BCUT2D eigenvalue weighted by molar-refractivity contribution is 0.573. The first-order valence-corrected chi connectivity index (χ1v) is 8.48. The SMILES string of the molecule is CCCCn1c(SCc2cc(F)cc3cccnc23)n[nH]c1=O. The molecule has 0 unspecified atom stereocenters. The first-order chi connectivity index (χ1) is 11.2. The molecule has 0 atom stereocenters. The summed E-state index contributed by atoms with van der Waals surface area (Å²) < 4.78 is 15.4. The zero-order chi connectivity index (χ0) is 16.2. The molecule has 23 heavy (non-hydrogen) atoms. The van der Waals surface area contributed by atoms with Crippen molar-refractivity contribution < 1.29 is 4.39 Å². The number of hydrogen-bond acceptors (Lipinski definition) is 4. The summed E-state index contributed by atoms with van der Waals surface area (Å²) in [6, 6.07) is 6.59. The molecular weight excluding hydrogens is 315 g/mol. The van der Waals surface area contributed by atoms with Gasteiger partial charge >= 0.3 is 5.69 Å². The number of fused-ring (bicyclic) bond motifs is 1. The normalized spacial score (nSPS) is 11.2. The zero-order valence-corrected chi connectivity index (χ0v) is 13.6. The van der Waals surface area contributed by atoms with E-state index in [1.165, 1.54) is 23.9 Å². The summed E-state index contributed by atoms with van der Waals surface area (Å²) in [6.07, 6.45) is 3.61. The Morgan fingerprint density at radius 1 is 1.39 bits per heavy atom. The second kappa shape index (κ2) is 6.95. The molecule has 2 aromatic heterocycles. The Balaban J connectivity index is 1.85. The fraction of sp³-hybridized carbons (Fsp3) is 0.312. The standard InChI is InChI=1S/C16H17FN4OS/c1-2-3-7-21-15(22)19-20-16(21)23-10-12-9-13(17)8-11-5-4-6-18-14(11)12/h4-6,8-9H,2-3,7,10H2,1H3,(H,19,22). The molecule has 2 heterocycles. The summed E-state index contributed by atoms with van der Waals surface area (Å²) in [4.78, 5) is 16.1. The molecule has 0 amide bonds. The fourth-order valence-electron chi connectivity index (χ4n) is 2.41. The maximum absolute atomic E-state index is 13.8. The lowest BCUT2D eigenvalue weighted by Crippen LogP contribution is -2.17. The van der Waals surface area contributed by atoms with Crippen molar-refractivity contribution in [1.29, 1.82) is 0 Å². The van der Waals surface area contributed by atoms with Crippen molar-refractivity contribution in [3.63, 3.8) is 0 Å². The Morgan fingerprint density at radius 3 is 3.09 bits per heavy atom. The number of hydrogen-bond donors (Lipinski definition) is 1. The van der Waals surface area contributed by atoms with E-state index in [0.29, 0.717) is 17.5 Å². The highest BCUT2D eigenvalue weighted by Crippen LogP contribution is 2.25. The molecule has 0 spiro atoms. The van der Waals surface area contributed by atoms with Gasteiger partial charge in [-0.25, -0.2) is 14.3 Å². The van der Waals surface area contributed by atoms with Crippen LogP contribution in [-0.2, 0) is 12.3 Å². The Labute approximate surface area is 136 Å². The number of aromatic amines is 1. The average molecular weight is 332 g/mol. The van der Waals surface area contributed by atoms with Crippen molar-refractivity contribution in [3.8, 4) is 0 Å². The van der Waals surface area contributed by atoms with E-state index in [-0.39, 0.29) is 11.5 Å². The highest BCUT2D eigenvalue weighted by molar-refractivity contribution is 7.98. The Hall–Kier alpha value is -2.15. The van der Waals surface area contributed by atoms with Crippen LogP contribution in [0.4, 0.5) is 4.39 Å². The number of H-pyrrole nitrogens is 1. The second-order valence-corrected chi connectivity index (χ2v) is 6.19. The molecule has 5 nitrogen and oxygen atoms in total. The van der Waals surface area contributed by atoms with Crippen LogP contribution in [0.3, 0.4) is 0 Å². The monoisotopic (exact) mass is 332 g/mol. The number of pyridine rings is 1. The van der Waals surface area contributed by atoms with Gasteiger partial charge in [-0.2, -0.15) is 0 Å². The summed E-state index contributed by atoms with van der Waals surface area (Å²) in [5.41, 5.74) is 1.37. The van der Waals surface area contributed by atoms with E-state index in [4.69, 9.17) is 0 Å². The quantitative estimate of drug-likeness (QED) is 0.703. The van der Waals surface area contributed by atoms with Gasteiger partial charge in [0.05, 0.1) is 5.52 Å². The Morgan fingerprint density at radius 2 is 2.26 bits per heavy atom. The maximum atomic E-state index is 13.8. The number of nitrogens with one attached hydrogen (secondary N) is 1. The Kier molecular flexibility index (Phi) is 4.76. The largest absolute Gasteiger partial charge is 0.343 e. The number of halogens is 1. The first kappa shape index (κ1) is 15.7. The van der Waals surface area contributed by atoms with E-state index in [1.807, 2.05) is 6.07 Å². The Bertz CT molecular complexity index is 874. The van der Waals surface area contributed by atoms with Gasteiger partial charge in [0.25, 0.3) is 0 Å².